The maximum absolute atomic E-state index is 12.1. The summed E-state index contributed by atoms with van der Waals surface area (Å²) in [6.45, 7) is -0.125. The van der Waals surface area contributed by atoms with E-state index in [0.717, 1.165) is 5.56 Å². The van der Waals surface area contributed by atoms with Gasteiger partial charge in [0.1, 0.15) is 6.54 Å². The Balaban J connectivity index is 1.57. The molecule has 1 heterocycles. The second-order valence-electron chi connectivity index (χ2n) is 6.10. The summed E-state index contributed by atoms with van der Waals surface area (Å²) in [4.78, 5) is 35.9. The van der Waals surface area contributed by atoms with E-state index in [9.17, 15) is 14.4 Å². The van der Waals surface area contributed by atoms with Gasteiger partial charge in [-0.2, -0.15) is 0 Å². The fourth-order valence-corrected chi connectivity index (χ4v) is 2.83. The molecule has 0 fully saturated rings. The Hall–Kier alpha value is -3.61. The minimum Gasteiger partial charge on any atom is -0.465 e. The second kappa shape index (κ2) is 8.85. The van der Waals surface area contributed by atoms with Crippen molar-refractivity contribution in [2.75, 3.05) is 13.7 Å². The average Bonchev–Trinajstić information content (AvgIpc) is 3.09. The minimum absolute atomic E-state index is 0.122. The number of nitrogens with one attached hydrogen (secondary N) is 1. The first-order valence-corrected chi connectivity index (χ1v) is 8.71. The van der Waals surface area contributed by atoms with Crippen molar-refractivity contribution in [3.8, 4) is 0 Å². The van der Waals surface area contributed by atoms with Crippen molar-refractivity contribution < 1.29 is 23.9 Å². The molecule has 1 aromatic heterocycles. The van der Waals surface area contributed by atoms with Crippen LogP contribution < -0.4 is 5.32 Å². The monoisotopic (exact) mass is 380 g/mol. The molecule has 3 aromatic rings. The van der Waals surface area contributed by atoms with E-state index in [0.29, 0.717) is 23.0 Å². The minimum atomic E-state index is -0.577. The largest absolute Gasteiger partial charge is 0.465 e. The Morgan fingerprint density at radius 2 is 1.71 bits per heavy atom. The van der Waals surface area contributed by atoms with Crippen LogP contribution in [-0.2, 0) is 32.2 Å². The molecule has 0 aliphatic heterocycles. The molecule has 0 bridgehead atoms. The number of carbonyl (C=O) groups is 3. The average molecular weight is 380 g/mol. The lowest BCUT2D eigenvalue weighted by Crippen LogP contribution is -2.29. The molecule has 7 nitrogen and oxygen atoms in total. The SMILES string of the molecule is COC(=O)c1cn(CC(=O)OCC(=O)NCc2ccccc2)c2ccccc12. The molecule has 144 valence electrons. The second-order valence-corrected chi connectivity index (χ2v) is 6.10. The number of hydrogen-bond acceptors (Lipinski definition) is 5. The predicted molar refractivity (Wildman–Crippen MR) is 103 cm³/mol. The van der Waals surface area contributed by atoms with Crippen LogP contribution in [0.15, 0.2) is 60.8 Å². The third kappa shape index (κ3) is 4.56. The number of para-hydroxylation sites is 1. The highest BCUT2D eigenvalue weighted by molar-refractivity contribution is 6.04. The Kier molecular flexibility index (Phi) is 6.06. The van der Waals surface area contributed by atoms with Gasteiger partial charge < -0.3 is 19.4 Å². The van der Waals surface area contributed by atoms with Gasteiger partial charge in [0.25, 0.3) is 5.91 Å². The van der Waals surface area contributed by atoms with Crippen LogP contribution in [0.3, 0.4) is 0 Å². The van der Waals surface area contributed by atoms with Gasteiger partial charge >= 0.3 is 11.9 Å². The van der Waals surface area contributed by atoms with Crippen LogP contribution in [0.2, 0.25) is 0 Å². The van der Waals surface area contributed by atoms with Gasteiger partial charge in [-0.3, -0.25) is 9.59 Å². The lowest BCUT2D eigenvalue weighted by molar-refractivity contribution is -0.149. The van der Waals surface area contributed by atoms with Crippen LogP contribution in [0.4, 0.5) is 0 Å². The molecular weight excluding hydrogens is 360 g/mol. The molecule has 0 saturated heterocycles. The molecule has 1 amide bonds. The summed E-state index contributed by atoms with van der Waals surface area (Å²) in [5.74, 6) is -1.44. The first-order chi connectivity index (χ1) is 13.6. The highest BCUT2D eigenvalue weighted by Crippen LogP contribution is 2.22. The third-order valence-corrected chi connectivity index (χ3v) is 4.19. The molecule has 0 aliphatic rings. The molecule has 0 spiro atoms. The first-order valence-electron chi connectivity index (χ1n) is 8.71. The first kappa shape index (κ1) is 19.2. The van der Waals surface area contributed by atoms with E-state index >= 15 is 0 Å². The summed E-state index contributed by atoms with van der Waals surface area (Å²) in [6, 6.07) is 16.6. The lowest BCUT2D eigenvalue weighted by atomic mass is 10.2. The molecule has 28 heavy (non-hydrogen) atoms. The van der Waals surface area contributed by atoms with Crippen LogP contribution in [0, 0.1) is 0 Å². The van der Waals surface area contributed by atoms with Gasteiger partial charge in [0.15, 0.2) is 6.61 Å². The van der Waals surface area contributed by atoms with Crippen LogP contribution in [0.25, 0.3) is 10.9 Å². The number of aromatic nitrogens is 1. The zero-order chi connectivity index (χ0) is 19.9. The Bertz CT molecular complexity index is 994. The van der Waals surface area contributed by atoms with E-state index in [-0.39, 0.29) is 19.1 Å². The van der Waals surface area contributed by atoms with Gasteiger partial charge in [0.2, 0.25) is 0 Å². The quantitative estimate of drug-likeness (QED) is 0.636. The van der Waals surface area contributed by atoms with E-state index in [1.165, 1.54) is 7.11 Å². The van der Waals surface area contributed by atoms with Gasteiger partial charge in [-0.25, -0.2) is 4.79 Å². The number of methoxy groups -OCH3 is 1. The highest BCUT2D eigenvalue weighted by Gasteiger charge is 2.17. The molecule has 2 aromatic carbocycles. The summed E-state index contributed by atoms with van der Waals surface area (Å²) >= 11 is 0. The number of amides is 1. The van der Waals surface area contributed by atoms with E-state index in [1.54, 1.807) is 29.0 Å². The number of rotatable bonds is 7. The predicted octanol–water partition coefficient (Wildman–Crippen LogP) is 2.29. The van der Waals surface area contributed by atoms with Crippen molar-refractivity contribution in [1.82, 2.24) is 9.88 Å². The van der Waals surface area contributed by atoms with Crippen LogP contribution in [0.5, 0.6) is 0 Å². The van der Waals surface area contributed by atoms with E-state index in [1.807, 2.05) is 36.4 Å². The zero-order valence-corrected chi connectivity index (χ0v) is 15.4. The van der Waals surface area contributed by atoms with Crippen molar-refractivity contribution in [3.05, 3.63) is 71.9 Å². The molecule has 0 saturated carbocycles. The standard InChI is InChI=1S/C21H20N2O5/c1-27-21(26)17-12-23(18-10-6-5-9-16(17)18)13-20(25)28-14-19(24)22-11-15-7-3-2-4-8-15/h2-10,12H,11,13-14H2,1H3,(H,22,24). The topological polar surface area (TPSA) is 86.6 Å². The summed E-state index contributed by atoms with van der Waals surface area (Å²) < 4.78 is 11.4. The summed E-state index contributed by atoms with van der Waals surface area (Å²) in [6.07, 6.45) is 1.55. The number of hydrogen-bond donors (Lipinski definition) is 1. The van der Waals surface area contributed by atoms with Crippen molar-refractivity contribution in [3.63, 3.8) is 0 Å². The third-order valence-electron chi connectivity index (χ3n) is 4.19. The molecule has 0 radical (unpaired) electrons. The normalized spacial score (nSPS) is 10.5. The summed E-state index contributed by atoms with van der Waals surface area (Å²) in [7, 11) is 1.30. The van der Waals surface area contributed by atoms with Gasteiger partial charge in [-0.15, -0.1) is 0 Å². The maximum Gasteiger partial charge on any atom is 0.340 e. The van der Waals surface area contributed by atoms with Crippen molar-refractivity contribution in [1.29, 1.82) is 0 Å². The van der Waals surface area contributed by atoms with Crippen LogP contribution in [0.1, 0.15) is 15.9 Å². The summed E-state index contributed by atoms with van der Waals surface area (Å²) in [5, 5.41) is 3.37. The van der Waals surface area contributed by atoms with E-state index < -0.39 is 11.9 Å². The van der Waals surface area contributed by atoms with E-state index in [4.69, 9.17) is 9.47 Å². The number of esters is 2. The number of fused-ring (bicyclic) bond motifs is 1. The smallest absolute Gasteiger partial charge is 0.340 e. The number of benzene rings is 2. The molecule has 0 atom stereocenters. The molecule has 7 heteroatoms. The van der Waals surface area contributed by atoms with Gasteiger partial charge in [-0.05, 0) is 11.6 Å². The number of carbonyl (C=O) groups excluding carboxylic acids is 3. The van der Waals surface area contributed by atoms with Gasteiger partial charge in [0, 0.05) is 23.6 Å². The Morgan fingerprint density at radius 1 is 1.00 bits per heavy atom. The maximum atomic E-state index is 12.1. The fourth-order valence-electron chi connectivity index (χ4n) is 2.83. The van der Waals surface area contributed by atoms with Gasteiger partial charge in [0.05, 0.1) is 12.7 Å². The molecular formula is C21H20N2O5. The molecule has 3 rings (SSSR count). The van der Waals surface area contributed by atoms with Gasteiger partial charge in [-0.1, -0.05) is 48.5 Å². The highest BCUT2D eigenvalue weighted by atomic mass is 16.5. The molecule has 0 aliphatic carbocycles. The van der Waals surface area contributed by atoms with Crippen molar-refractivity contribution in [2.45, 2.75) is 13.1 Å². The Labute approximate surface area is 161 Å². The van der Waals surface area contributed by atoms with Crippen molar-refractivity contribution >= 4 is 28.7 Å². The number of nitrogens with zero attached hydrogens (tertiary/aromatic N) is 1. The zero-order valence-electron chi connectivity index (χ0n) is 15.4. The molecule has 1 N–H and O–H groups in total. The lowest BCUT2D eigenvalue weighted by Gasteiger charge is -2.08. The number of ether oxygens (including phenoxy) is 2. The van der Waals surface area contributed by atoms with Crippen LogP contribution in [-0.4, -0.2) is 36.1 Å². The Morgan fingerprint density at radius 3 is 2.46 bits per heavy atom. The summed E-state index contributed by atoms with van der Waals surface area (Å²) in [5.41, 5.74) is 2.02. The van der Waals surface area contributed by atoms with E-state index in [2.05, 4.69) is 5.32 Å². The fraction of sp³-hybridized carbons (Fsp3) is 0.190. The molecule has 0 unspecified atom stereocenters. The van der Waals surface area contributed by atoms with Crippen LogP contribution >= 0.6 is 0 Å². The van der Waals surface area contributed by atoms with Crippen molar-refractivity contribution in [2.24, 2.45) is 0 Å².